The summed E-state index contributed by atoms with van der Waals surface area (Å²) in [4.78, 5) is 0. The maximum absolute atomic E-state index is 11.7. The van der Waals surface area contributed by atoms with Crippen LogP contribution >= 0.6 is 11.6 Å². The number of nitrogens with zero attached hydrogens (tertiary/aromatic N) is 1. The van der Waals surface area contributed by atoms with Gasteiger partial charge in [-0.1, -0.05) is 19.3 Å². The number of alkyl halides is 1. The minimum atomic E-state index is -3.37. The molecule has 1 saturated carbocycles. The van der Waals surface area contributed by atoms with Gasteiger partial charge in [0.05, 0.1) is 0 Å². The third-order valence-electron chi connectivity index (χ3n) is 2.89. The second-order valence-electron chi connectivity index (χ2n) is 4.36. The molecule has 0 amide bonds. The number of hydrogen-bond donors (Lipinski definition) is 1. The van der Waals surface area contributed by atoms with Crippen LogP contribution in [-0.2, 0) is 10.2 Å². The maximum Gasteiger partial charge on any atom is 0.279 e. The first-order valence-electron chi connectivity index (χ1n) is 5.19. The first-order valence-corrected chi connectivity index (χ1v) is 7.17. The summed E-state index contributed by atoms with van der Waals surface area (Å²) in [5.74, 6) is 0.347. The fourth-order valence-electron chi connectivity index (χ4n) is 1.86. The Morgan fingerprint density at radius 2 is 1.80 bits per heavy atom. The van der Waals surface area contributed by atoms with Crippen LogP contribution in [0, 0.1) is 0 Å². The van der Waals surface area contributed by atoms with Gasteiger partial charge in [0.2, 0.25) is 0 Å². The summed E-state index contributed by atoms with van der Waals surface area (Å²) in [6, 6.07) is 0. The van der Waals surface area contributed by atoms with Crippen molar-refractivity contribution in [2.24, 2.45) is 0 Å². The summed E-state index contributed by atoms with van der Waals surface area (Å²) in [5.41, 5.74) is -0.428. The van der Waals surface area contributed by atoms with Crippen molar-refractivity contribution in [3.05, 3.63) is 0 Å². The molecule has 0 aromatic rings. The van der Waals surface area contributed by atoms with Gasteiger partial charge in [0, 0.05) is 25.5 Å². The largest absolute Gasteiger partial charge is 0.279 e. The van der Waals surface area contributed by atoms with E-state index in [1.807, 2.05) is 0 Å². The smallest absolute Gasteiger partial charge is 0.195 e. The predicted octanol–water partition coefficient (Wildman–Crippen LogP) is 1.32. The zero-order valence-electron chi connectivity index (χ0n) is 9.29. The second-order valence-corrected chi connectivity index (χ2v) is 6.52. The fourth-order valence-corrected chi connectivity index (χ4v) is 3.28. The summed E-state index contributed by atoms with van der Waals surface area (Å²) in [7, 11) is -0.328. The summed E-state index contributed by atoms with van der Waals surface area (Å²) >= 11 is 5.90. The Bertz CT molecular complexity index is 297. The second kappa shape index (κ2) is 4.99. The zero-order chi connectivity index (χ0) is 11.5. The van der Waals surface area contributed by atoms with Gasteiger partial charge in [0.25, 0.3) is 10.2 Å². The van der Waals surface area contributed by atoms with E-state index in [9.17, 15) is 8.42 Å². The van der Waals surface area contributed by atoms with E-state index in [2.05, 4.69) is 4.72 Å². The number of halogens is 1. The van der Waals surface area contributed by atoms with E-state index in [4.69, 9.17) is 11.6 Å². The summed E-state index contributed by atoms with van der Waals surface area (Å²) in [6.07, 6.45) is 4.93. The van der Waals surface area contributed by atoms with Crippen molar-refractivity contribution >= 4 is 21.8 Å². The van der Waals surface area contributed by atoms with Crippen molar-refractivity contribution in [3.8, 4) is 0 Å². The predicted molar refractivity (Wildman–Crippen MR) is 62.3 cm³/mol. The molecular formula is C9H19ClN2O2S. The Balaban J connectivity index is 2.76. The van der Waals surface area contributed by atoms with Gasteiger partial charge in [-0.3, -0.25) is 0 Å². The van der Waals surface area contributed by atoms with E-state index in [-0.39, 0.29) is 0 Å². The van der Waals surface area contributed by atoms with Crippen molar-refractivity contribution in [1.82, 2.24) is 9.03 Å². The molecular weight excluding hydrogens is 236 g/mol. The normalized spacial score (nSPS) is 21.9. The number of nitrogens with one attached hydrogen (secondary N) is 1. The molecule has 0 aromatic heterocycles. The molecule has 0 heterocycles. The first-order chi connectivity index (χ1) is 6.92. The van der Waals surface area contributed by atoms with E-state index in [1.165, 1.54) is 24.8 Å². The van der Waals surface area contributed by atoms with Crippen molar-refractivity contribution in [3.63, 3.8) is 0 Å². The van der Waals surface area contributed by atoms with Gasteiger partial charge < -0.3 is 0 Å². The monoisotopic (exact) mass is 254 g/mol. The fraction of sp³-hybridized carbons (Fsp3) is 1.00. The molecule has 0 aromatic carbocycles. The molecule has 90 valence electrons. The van der Waals surface area contributed by atoms with E-state index < -0.39 is 15.7 Å². The van der Waals surface area contributed by atoms with Crippen LogP contribution in [0.2, 0.25) is 0 Å². The van der Waals surface area contributed by atoms with E-state index in [0.717, 1.165) is 25.7 Å². The van der Waals surface area contributed by atoms with E-state index >= 15 is 0 Å². The molecule has 1 aliphatic rings. The van der Waals surface area contributed by atoms with E-state index in [0.29, 0.717) is 5.88 Å². The van der Waals surface area contributed by atoms with Crippen LogP contribution in [0.5, 0.6) is 0 Å². The lowest BCUT2D eigenvalue weighted by Crippen LogP contribution is -2.54. The van der Waals surface area contributed by atoms with Gasteiger partial charge in [-0.05, 0) is 12.8 Å². The van der Waals surface area contributed by atoms with Crippen LogP contribution < -0.4 is 4.72 Å². The Hall–Kier alpha value is 0.160. The molecule has 0 bridgehead atoms. The van der Waals surface area contributed by atoms with Crippen LogP contribution in [0.15, 0.2) is 0 Å². The molecule has 4 nitrogen and oxygen atoms in total. The molecule has 1 N–H and O–H groups in total. The van der Waals surface area contributed by atoms with Crippen LogP contribution in [0.25, 0.3) is 0 Å². The highest BCUT2D eigenvalue weighted by Gasteiger charge is 2.35. The van der Waals surface area contributed by atoms with Crippen LogP contribution in [0.4, 0.5) is 0 Å². The Kier molecular flexibility index (Phi) is 4.40. The highest BCUT2D eigenvalue weighted by Crippen LogP contribution is 2.30. The SMILES string of the molecule is CN(C)S(=O)(=O)NC1(CCl)CCCCC1. The van der Waals surface area contributed by atoms with Gasteiger partial charge in [0.1, 0.15) is 0 Å². The van der Waals surface area contributed by atoms with Crippen molar-refractivity contribution < 1.29 is 8.42 Å². The molecule has 15 heavy (non-hydrogen) atoms. The zero-order valence-corrected chi connectivity index (χ0v) is 10.9. The quantitative estimate of drug-likeness (QED) is 0.770. The topological polar surface area (TPSA) is 49.4 Å². The molecule has 0 saturated heterocycles. The Morgan fingerprint density at radius 1 is 1.27 bits per heavy atom. The molecule has 0 unspecified atom stereocenters. The molecule has 0 aliphatic heterocycles. The summed E-state index contributed by atoms with van der Waals surface area (Å²) in [6.45, 7) is 0. The average Bonchev–Trinajstić information content (AvgIpc) is 2.18. The maximum atomic E-state index is 11.7. The highest BCUT2D eigenvalue weighted by molar-refractivity contribution is 7.87. The van der Waals surface area contributed by atoms with Gasteiger partial charge in [-0.2, -0.15) is 17.4 Å². The van der Waals surface area contributed by atoms with Crippen LogP contribution in [0.3, 0.4) is 0 Å². The van der Waals surface area contributed by atoms with E-state index in [1.54, 1.807) is 0 Å². The molecule has 1 rings (SSSR count). The van der Waals surface area contributed by atoms with Crippen LogP contribution in [-0.4, -0.2) is 38.2 Å². The van der Waals surface area contributed by atoms with Crippen LogP contribution in [0.1, 0.15) is 32.1 Å². The van der Waals surface area contributed by atoms with Crippen molar-refractivity contribution in [2.45, 2.75) is 37.6 Å². The Labute approximate surface area is 97.2 Å². The van der Waals surface area contributed by atoms with Gasteiger partial charge in [0.15, 0.2) is 0 Å². The third kappa shape index (κ3) is 3.31. The number of hydrogen-bond acceptors (Lipinski definition) is 2. The van der Waals surface area contributed by atoms with Crippen molar-refractivity contribution in [2.75, 3.05) is 20.0 Å². The first kappa shape index (κ1) is 13.2. The lowest BCUT2D eigenvalue weighted by atomic mass is 9.84. The third-order valence-corrected chi connectivity index (χ3v) is 5.06. The lowest BCUT2D eigenvalue weighted by molar-refractivity contribution is 0.292. The summed E-state index contributed by atoms with van der Waals surface area (Å²) < 4.78 is 27.4. The summed E-state index contributed by atoms with van der Waals surface area (Å²) in [5, 5.41) is 0. The molecule has 0 spiro atoms. The van der Waals surface area contributed by atoms with Gasteiger partial charge in [-0.25, -0.2) is 0 Å². The molecule has 0 radical (unpaired) electrons. The molecule has 1 fully saturated rings. The lowest BCUT2D eigenvalue weighted by Gasteiger charge is -2.36. The number of rotatable bonds is 4. The Morgan fingerprint density at radius 3 is 2.20 bits per heavy atom. The minimum absolute atomic E-state index is 0.347. The molecule has 0 atom stereocenters. The molecule has 6 heteroatoms. The van der Waals surface area contributed by atoms with Crippen molar-refractivity contribution in [1.29, 1.82) is 0 Å². The molecule has 1 aliphatic carbocycles. The highest BCUT2D eigenvalue weighted by atomic mass is 35.5. The average molecular weight is 255 g/mol. The van der Waals surface area contributed by atoms with Gasteiger partial charge >= 0.3 is 0 Å². The standard InChI is InChI=1S/C9H19ClN2O2S/c1-12(2)15(13,14)11-9(8-10)6-4-3-5-7-9/h11H,3-8H2,1-2H3. The minimum Gasteiger partial charge on any atom is -0.195 e. The van der Waals surface area contributed by atoms with Gasteiger partial charge in [-0.15, -0.1) is 11.6 Å².